The summed E-state index contributed by atoms with van der Waals surface area (Å²) >= 11 is 0. The molecule has 0 aliphatic carbocycles. The number of amides is 8. The maximum atomic E-state index is 15.4. The zero-order chi connectivity index (χ0) is 72.4. The molecule has 538 valence electrons. The van der Waals surface area contributed by atoms with Gasteiger partial charge in [-0.25, -0.2) is 0 Å². The Morgan fingerprint density at radius 2 is 0.936 bits per heavy atom. The predicted octanol–water partition coefficient (Wildman–Crippen LogP) is 6.55. The van der Waals surface area contributed by atoms with E-state index >= 15 is 33.6 Å². The fourth-order valence-corrected chi connectivity index (χ4v) is 13.6. The van der Waals surface area contributed by atoms with Gasteiger partial charge in [-0.2, -0.15) is 0 Å². The molecule has 2 aliphatic rings. The summed E-state index contributed by atoms with van der Waals surface area (Å²) in [6.45, 7) is 38.3. The molecule has 0 unspecified atom stereocenters. The molecule has 22 nitrogen and oxygen atoms in total. The number of allylic oxidation sites excluding steroid dienone is 2. The average Bonchev–Trinajstić information content (AvgIpc) is 0.812. The highest BCUT2D eigenvalue weighted by molar-refractivity contribution is 6.00. The second-order valence-electron chi connectivity index (χ2n) is 30.1. The molecule has 0 aromatic carbocycles. The van der Waals surface area contributed by atoms with Crippen molar-refractivity contribution in [2.45, 2.75) is 243 Å². The summed E-state index contributed by atoms with van der Waals surface area (Å²) in [6.07, 6.45) is 2.33. The number of aliphatic hydroxyl groups is 1. The van der Waals surface area contributed by atoms with E-state index in [0.717, 1.165) is 31.1 Å². The number of Topliss-reactive ketones (excluding diaryl/α,β-unsaturated/α-hetero) is 3. The zero-order valence-corrected chi connectivity index (χ0v) is 62.9. The van der Waals surface area contributed by atoms with Crippen LogP contribution in [-0.4, -0.2) is 256 Å². The lowest BCUT2D eigenvalue weighted by atomic mass is 9.83. The molecule has 14 atom stereocenters. The van der Waals surface area contributed by atoms with Gasteiger partial charge >= 0.3 is 0 Å². The van der Waals surface area contributed by atoms with Crippen LogP contribution in [0.2, 0.25) is 0 Å². The van der Waals surface area contributed by atoms with E-state index in [9.17, 15) is 24.3 Å². The van der Waals surface area contributed by atoms with Crippen molar-refractivity contribution in [3.8, 4) is 0 Å². The minimum absolute atomic E-state index is 0.0264. The van der Waals surface area contributed by atoms with E-state index in [4.69, 9.17) is 0 Å². The maximum Gasteiger partial charge on any atom is 0.246 e. The van der Waals surface area contributed by atoms with E-state index in [2.05, 4.69) is 29.0 Å². The van der Waals surface area contributed by atoms with Gasteiger partial charge in [0.05, 0.1) is 18.2 Å². The molecule has 94 heavy (non-hydrogen) atoms. The highest BCUT2D eigenvalue weighted by Gasteiger charge is 2.47. The van der Waals surface area contributed by atoms with Gasteiger partial charge in [-0.05, 0) is 101 Å². The van der Waals surface area contributed by atoms with Gasteiger partial charge in [0.2, 0.25) is 47.3 Å². The van der Waals surface area contributed by atoms with E-state index in [-0.39, 0.29) is 80.0 Å². The van der Waals surface area contributed by atoms with Gasteiger partial charge in [0.25, 0.3) is 0 Å². The normalized spacial score (nSPS) is 28.3. The van der Waals surface area contributed by atoms with E-state index in [1.54, 1.807) is 61.6 Å². The lowest BCUT2D eigenvalue weighted by Gasteiger charge is -2.42. The summed E-state index contributed by atoms with van der Waals surface area (Å²) in [5, 5.41) is 15.1. The summed E-state index contributed by atoms with van der Waals surface area (Å²) in [5.74, 6) is -11.1. The molecule has 0 spiro atoms. The van der Waals surface area contributed by atoms with Gasteiger partial charge in [0, 0.05) is 125 Å². The Bertz CT molecular complexity index is 2580. The van der Waals surface area contributed by atoms with Crippen LogP contribution in [0.3, 0.4) is 0 Å². The molecular formula is C72H128N10O12. The molecule has 0 aromatic rings. The van der Waals surface area contributed by atoms with Crippen LogP contribution in [0, 0.1) is 59.2 Å². The fraction of sp³-hybridized carbons (Fsp3) is 0.819. The van der Waals surface area contributed by atoms with Gasteiger partial charge in [0.1, 0.15) is 42.0 Å². The third-order valence-electron chi connectivity index (χ3n) is 20.0. The van der Waals surface area contributed by atoms with Crippen molar-refractivity contribution in [3.63, 3.8) is 0 Å². The first kappa shape index (κ1) is 84.5. The molecule has 2 rings (SSSR count). The summed E-state index contributed by atoms with van der Waals surface area (Å²) < 4.78 is 0. The largest absolute Gasteiger partial charge is 0.390 e. The van der Waals surface area contributed by atoms with Crippen LogP contribution in [0.25, 0.3) is 0 Å². The van der Waals surface area contributed by atoms with Crippen LogP contribution in [0.5, 0.6) is 0 Å². The standard InChI is InChI=1S/C72H128N10O12/c1-27-29-30-48(15)64(86)63-65(87)73-54(28-2)69(91)74(20)52(19)67(89)79(25)62(51(18)41-81-31-33-82(34-32-81)47(13)14)60(85)40-53(45(9)10)68(90)75(21)55(35-42(3)4)59(84)38-49(16)58(83)39-50(17)66(88)76(22)56(36-43(5)6)70(92)77(23)57(37-44(7)8)71(93)78(24)61(46(11)12)72(94)80(63)26/h27,29,42-57,61-64,86H,28,30-41H2,1-26H3,(H,73,87)/b29-27+/t48-,49-,50+,51-,52-,53+,54+,55+,56+,57+,61+,62+,63+,64-/m1/s1. The van der Waals surface area contributed by atoms with Crippen molar-refractivity contribution in [1.82, 2.24) is 49.4 Å². The van der Waals surface area contributed by atoms with Crippen LogP contribution in [0.1, 0.15) is 183 Å². The van der Waals surface area contributed by atoms with E-state index < -0.39 is 143 Å². The number of carbonyl (C=O) groups excluding carboxylic acids is 11. The molecule has 2 saturated heterocycles. The number of hydrogen-bond donors (Lipinski definition) is 2. The van der Waals surface area contributed by atoms with Crippen LogP contribution in [0.4, 0.5) is 0 Å². The Morgan fingerprint density at radius 3 is 1.40 bits per heavy atom. The number of ketones is 3. The maximum absolute atomic E-state index is 15.4. The Kier molecular flexibility index (Phi) is 34.5. The number of hydrogen-bond acceptors (Lipinski definition) is 14. The molecule has 0 bridgehead atoms. The quantitative estimate of drug-likeness (QED) is 0.147. The van der Waals surface area contributed by atoms with E-state index in [1.165, 1.54) is 71.7 Å². The number of nitrogens with zero attached hydrogens (tertiary/aromatic N) is 9. The summed E-state index contributed by atoms with van der Waals surface area (Å²) in [7, 11) is 10.4. The minimum atomic E-state index is -1.61. The lowest BCUT2D eigenvalue weighted by Crippen LogP contribution is -2.63. The first-order valence-electron chi connectivity index (χ1n) is 35.0. The molecular weight excluding hydrogens is 1200 g/mol. The molecule has 0 saturated carbocycles. The number of likely N-dealkylation sites (N-methyl/N-ethyl adjacent to an activating group) is 7. The first-order chi connectivity index (χ1) is 43.5. The number of piperazine rings is 1. The van der Waals surface area contributed by atoms with Gasteiger partial charge in [-0.1, -0.05) is 116 Å². The number of aliphatic hydroxyl groups excluding tert-OH is 1. The molecule has 2 aliphatic heterocycles. The number of carbonyl (C=O) groups is 11. The summed E-state index contributed by atoms with van der Waals surface area (Å²) in [5.41, 5.74) is 0. The zero-order valence-electron chi connectivity index (χ0n) is 62.9. The fourth-order valence-electron chi connectivity index (χ4n) is 13.6. The van der Waals surface area contributed by atoms with Gasteiger partial charge in [-0.15, -0.1) is 0 Å². The van der Waals surface area contributed by atoms with Gasteiger partial charge < -0.3 is 49.6 Å². The van der Waals surface area contributed by atoms with E-state index in [1.807, 2.05) is 75.3 Å². The predicted molar refractivity (Wildman–Crippen MR) is 369 cm³/mol. The van der Waals surface area contributed by atoms with Crippen molar-refractivity contribution in [1.29, 1.82) is 0 Å². The van der Waals surface area contributed by atoms with Crippen LogP contribution < -0.4 is 5.32 Å². The topological polar surface area (TPSA) is 249 Å². The third kappa shape index (κ3) is 22.8. The molecule has 0 radical (unpaired) electrons. The number of rotatable bonds is 17. The SMILES string of the molecule is C/C=C/C[C@@H](C)[C@@H](O)[C@H]1C(=O)N[C@@H](CC)C(=O)N(C)[C@H](C)C(=O)N(C)[C@@H]([C@H](C)CN2CCN(C(C)C)CC2)C(=O)C[C@@H](C(C)C)C(=O)N(C)[C@@H](CC(C)C)C(=O)C[C@@H](C)C(=O)C[C@H](C)C(=O)N(C)[C@@H](CC(C)C)C(=O)N(C)[C@@H](CC(C)C)C(=O)N(C)[C@@H](C(C)C)C(=O)N1C. The molecule has 2 fully saturated rings. The highest BCUT2D eigenvalue weighted by atomic mass is 16.3. The van der Waals surface area contributed by atoms with E-state index in [0.29, 0.717) is 19.0 Å². The smallest absolute Gasteiger partial charge is 0.246 e. The Labute approximate surface area is 566 Å². The van der Waals surface area contributed by atoms with Gasteiger partial charge in [0.15, 0.2) is 11.6 Å². The van der Waals surface area contributed by atoms with Crippen LogP contribution in [0.15, 0.2) is 12.2 Å². The monoisotopic (exact) mass is 1320 g/mol. The Hall–Kier alpha value is -5.61. The molecule has 2 N–H and O–H groups in total. The lowest BCUT2D eigenvalue weighted by molar-refractivity contribution is -0.157. The highest BCUT2D eigenvalue weighted by Crippen LogP contribution is 2.30. The molecule has 8 amide bonds. The number of nitrogens with one attached hydrogen (secondary N) is 1. The van der Waals surface area contributed by atoms with Crippen molar-refractivity contribution in [2.24, 2.45) is 59.2 Å². The van der Waals surface area contributed by atoms with Gasteiger partial charge in [-0.3, -0.25) is 57.6 Å². The Morgan fingerprint density at radius 1 is 0.479 bits per heavy atom. The third-order valence-corrected chi connectivity index (χ3v) is 20.0. The van der Waals surface area contributed by atoms with Crippen molar-refractivity contribution >= 4 is 64.6 Å². The van der Waals surface area contributed by atoms with Crippen molar-refractivity contribution in [3.05, 3.63) is 12.2 Å². The molecule has 0 aromatic heterocycles. The second kappa shape index (κ2) is 38.4. The first-order valence-corrected chi connectivity index (χ1v) is 35.0. The summed E-state index contributed by atoms with van der Waals surface area (Å²) in [4.78, 5) is 178. The average molecular weight is 1330 g/mol. The molecule has 2 heterocycles. The van der Waals surface area contributed by atoms with Crippen LogP contribution in [-0.2, 0) is 52.7 Å². The summed E-state index contributed by atoms with van der Waals surface area (Å²) in [6, 6.07) is -9.27. The minimum Gasteiger partial charge on any atom is -0.390 e. The Balaban J connectivity index is 3.06. The van der Waals surface area contributed by atoms with Crippen molar-refractivity contribution < 1.29 is 57.8 Å². The van der Waals surface area contributed by atoms with Crippen molar-refractivity contribution in [2.75, 3.05) is 82.1 Å². The van der Waals surface area contributed by atoms with Crippen LogP contribution >= 0.6 is 0 Å². The molecule has 22 heteroatoms. The second-order valence-corrected chi connectivity index (χ2v) is 30.1.